The lowest BCUT2D eigenvalue weighted by Crippen LogP contribution is -1.93. The average Bonchev–Trinajstić information content (AvgIpc) is 3.35. The number of hydrogen-bond donors (Lipinski definition) is 2. The molecular formula is C26H18Cl4N4S2. The molecule has 0 aliphatic heterocycles. The summed E-state index contributed by atoms with van der Waals surface area (Å²) < 4.78 is 0. The fourth-order valence-electron chi connectivity index (χ4n) is 3.68. The number of nitrogens with zero attached hydrogens (tertiary/aromatic N) is 2. The second-order valence-corrected chi connectivity index (χ2v) is 12.0. The highest BCUT2D eigenvalue weighted by Gasteiger charge is 2.15. The number of aryl methyl sites for hydroxylation is 2. The molecule has 0 unspecified atom stereocenters. The van der Waals surface area contributed by atoms with Crippen LogP contribution in [0.25, 0.3) is 22.5 Å². The highest BCUT2D eigenvalue weighted by molar-refractivity contribution is 7.16. The van der Waals surface area contributed by atoms with Crippen LogP contribution in [-0.4, -0.2) is 9.97 Å². The summed E-state index contributed by atoms with van der Waals surface area (Å²) in [5.41, 5.74) is 5.19. The monoisotopic (exact) mass is 590 g/mol. The van der Waals surface area contributed by atoms with Gasteiger partial charge in [-0.3, -0.25) is 0 Å². The molecular weight excluding hydrogens is 574 g/mol. The zero-order valence-electron chi connectivity index (χ0n) is 19.0. The van der Waals surface area contributed by atoms with E-state index in [1.807, 2.05) is 62.4 Å². The van der Waals surface area contributed by atoms with Gasteiger partial charge in [0.1, 0.15) is 0 Å². The average molecular weight is 592 g/mol. The quantitative estimate of drug-likeness (QED) is 0.206. The van der Waals surface area contributed by atoms with Crippen LogP contribution < -0.4 is 10.6 Å². The number of hydrogen-bond acceptors (Lipinski definition) is 6. The Bertz CT molecular complexity index is 1470. The maximum absolute atomic E-state index is 6.40. The van der Waals surface area contributed by atoms with E-state index in [1.165, 1.54) is 0 Å². The summed E-state index contributed by atoms with van der Waals surface area (Å²) in [4.78, 5) is 11.7. The molecule has 0 bridgehead atoms. The topological polar surface area (TPSA) is 49.8 Å². The van der Waals surface area contributed by atoms with Crippen LogP contribution in [0.5, 0.6) is 0 Å². The lowest BCUT2D eigenvalue weighted by molar-refractivity contribution is 1.35. The van der Waals surface area contributed by atoms with Crippen LogP contribution in [0.2, 0.25) is 20.1 Å². The molecule has 4 nitrogen and oxygen atoms in total. The first kappa shape index (κ1) is 25.3. The van der Waals surface area contributed by atoms with Gasteiger partial charge in [0.15, 0.2) is 10.3 Å². The molecule has 0 radical (unpaired) electrons. The summed E-state index contributed by atoms with van der Waals surface area (Å²) in [6, 6.07) is 18.8. The second kappa shape index (κ2) is 10.6. The van der Waals surface area contributed by atoms with E-state index in [9.17, 15) is 0 Å². The molecule has 10 heteroatoms. The van der Waals surface area contributed by atoms with Crippen molar-refractivity contribution in [3.05, 3.63) is 90.5 Å². The molecule has 0 amide bonds. The molecule has 0 fully saturated rings. The molecule has 0 spiro atoms. The SMILES string of the molecule is Cc1sc(Nc2cccc(Nc3nc(-c4ccc(Cl)cc4Cl)c(C)s3)c2)nc1-c1ccc(Cl)cc1Cl. The first-order valence-corrected chi connectivity index (χ1v) is 13.9. The summed E-state index contributed by atoms with van der Waals surface area (Å²) in [6.45, 7) is 4.05. The third-order valence-corrected chi connectivity index (χ3v) is 8.20. The molecule has 2 heterocycles. The lowest BCUT2D eigenvalue weighted by atomic mass is 10.1. The maximum Gasteiger partial charge on any atom is 0.187 e. The van der Waals surface area contributed by atoms with E-state index >= 15 is 0 Å². The predicted molar refractivity (Wildman–Crippen MR) is 158 cm³/mol. The number of thiazole rings is 2. The Morgan fingerprint density at radius 1 is 0.611 bits per heavy atom. The van der Waals surface area contributed by atoms with Crippen molar-refractivity contribution in [1.29, 1.82) is 0 Å². The molecule has 2 N–H and O–H groups in total. The van der Waals surface area contributed by atoms with Crippen LogP contribution in [-0.2, 0) is 0 Å². The van der Waals surface area contributed by atoms with Crippen LogP contribution in [0.4, 0.5) is 21.6 Å². The van der Waals surface area contributed by atoms with Crippen molar-refractivity contribution in [3.8, 4) is 22.5 Å². The van der Waals surface area contributed by atoms with Gasteiger partial charge in [-0.05, 0) is 68.4 Å². The lowest BCUT2D eigenvalue weighted by Gasteiger charge is -2.07. The zero-order chi connectivity index (χ0) is 25.4. The molecule has 5 rings (SSSR count). The van der Waals surface area contributed by atoms with Crippen LogP contribution in [0.1, 0.15) is 9.75 Å². The normalized spacial score (nSPS) is 11.1. The fourth-order valence-corrected chi connectivity index (χ4v) is 6.38. The summed E-state index contributed by atoms with van der Waals surface area (Å²) in [5, 5.41) is 10.7. The molecule has 3 aromatic carbocycles. The van der Waals surface area contributed by atoms with Crippen molar-refractivity contribution in [2.45, 2.75) is 13.8 Å². The third kappa shape index (κ3) is 5.49. The van der Waals surface area contributed by atoms with Gasteiger partial charge in [-0.15, -0.1) is 22.7 Å². The van der Waals surface area contributed by atoms with Gasteiger partial charge in [0.2, 0.25) is 0 Å². The first-order valence-electron chi connectivity index (χ1n) is 10.8. The molecule has 182 valence electrons. The standard InChI is InChI=1S/C26H18Cl4N4S2/c1-13-23(19-8-6-15(27)10-21(19)29)33-25(35-13)31-17-4-3-5-18(12-17)32-26-34-24(14(2)36-26)20-9-7-16(28)11-22(20)30/h3-12H,1-2H3,(H,31,33)(H,32,34). The molecule has 0 aliphatic carbocycles. The van der Waals surface area contributed by atoms with E-state index in [2.05, 4.69) is 10.6 Å². The molecule has 36 heavy (non-hydrogen) atoms. The van der Waals surface area contributed by atoms with Gasteiger partial charge in [0.05, 0.1) is 21.4 Å². The Labute approximate surface area is 236 Å². The van der Waals surface area contributed by atoms with Crippen LogP contribution in [0, 0.1) is 13.8 Å². The minimum atomic E-state index is 0.576. The van der Waals surface area contributed by atoms with Gasteiger partial charge in [-0.2, -0.15) is 0 Å². The van der Waals surface area contributed by atoms with Gasteiger partial charge < -0.3 is 10.6 Å². The summed E-state index contributed by atoms with van der Waals surface area (Å²) in [6.07, 6.45) is 0. The summed E-state index contributed by atoms with van der Waals surface area (Å²) >= 11 is 28.0. The van der Waals surface area contributed by atoms with Gasteiger partial charge in [0.25, 0.3) is 0 Å². The van der Waals surface area contributed by atoms with E-state index in [4.69, 9.17) is 56.4 Å². The van der Waals surface area contributed by atoms with Crippen molar-refractivity contribution in [2.24, 2.45) is 0 Å². The Kier molecular flexibility index (Phi) is 7.45. The number of rotatable bonds is 6. The Balaban J connectivity index is 1.35. The molecule has 0 atom stereocenters. The van der Waals surface area contributed by atoms with Gasteiger partial charge in [-0.1, -0.05) is 52.5 Å². The van der Waals surface area contributed by atoms with E-state index < -0.39 is 0 Å². The molecule has 0 saturated heterocycles. The van der Waals surface area contributed by atoms with Crippen molar-refractivity contribution in [1.82, 2.24) is 9.97 Å². The van der Waals surface area contributed by atoms with Crippen LogP contribution in [0.15, 0.2) is 60.7 Å². The summed E-state index contributed by atoms with van der Waals surface area (Å²) in [7, 11) is 0. The van der Waals surface area contributed by atoms with E-state index in [1.54, 1.807) is 34.8 Å². The number of anilines is 4. The predicted octanol–water partition coefficient (Wildman–Crippen LogP) is 10.7. The minimum Gasteiger partial charge on any atom is -0.331 e. The molecule has 5 aromatic rings. The molecule has 0 aliphatic rings. The van der Waals surface area contributed by atoms with Gasteiger partial charge in [-0.25, -0.2) is 9.97 Å². The second-order valence-electron chi connectivity index (χ2n) is 7.93. The Morgan fingerprint density at radius 2 is 1.06 bits per heavy atom. The first-order chi connectivity index (χ1) is 17.3. The van der Waals surface area contributed by atoms with E-state index in [-0.39, 0.29) is 0 Å². The largest absolute Gasteiger partial charge is 0.331 e. The molecule has 0 saturated carbocycles. The number of halogens is 4. The highest BCUT2D eigenvalue weighted by Crippen LogP contribution is 2.38. The Morgan fingerprint density at radius 3 is 1.47 bits per heavy atom. The smallest absolute Gasteiger partial charge is 0.187 e. The fraction of sp³-hybridized carbons (Fsp3) is 0.0769. The highest BCUT2D eigenvalue weighted by atomic mass is 35.5. The van der Waals surface area contributed by atoms with Crippen molar-refractivity contribution in [3.63, 3.8) is 0 Å². The summed E-state index contributed by atoms with van der Waals surface area (Å²) in [5.74, 6) is 0. The van der Waals surface area contributed by atoms with Crippen molar-refractivity contribution < 1.29 is 0 Å². The Hall–Kier alpha value is -2.32. The van der Waals surface area contributed by atoms with Gasteiger partial charge >= 0.3 is 0 Å². The number of nitrogens with one attached hydrogen (secondary N) is 2. The molecule has 2 aromatic heterocycles. The maximum atomic E-state index is 6.40. The number of aromatic nitrogens is 2. The van der Waals surface area contributed by atoms with E-state index in [0.29, 0.717) is 20.1 Å². The van der Waals surface area contributed by atoms with Gasteiger partial charge in [0, 0.05) is 42.3 Å². The third-order valence-electron chi connectivity index (χ3n) is 5.33. The van der Waals surface area contributed by atoms with Crippen LogP contribution in [0.3, 0.4) is 0 Å². The van der Waals surface area contributed by atoms with Crippen molar-refractivity contribution >= 4 is 90.7 Å². The zero-order valence-corrected chi connectivity index (χ0v) is 23.7. The van der Waals surface area contributed by atoms with Crippen molar-refractivity contribution in [2.75, 3.05) is 10.6 Å². The number of benzene rings is 3. The van der Waals surface area contributed by atoms with Crippen LogP contribution >= 0.6 is 69.1 Å². The van der Waals surface area contributed by atoms with E-state index in [0.717, 1.165) is 53.9 Å². The minimum absolute atomic E-state index is 0.576.